The molecule has 1 atom stereocenters. The fourth-order valence-corrected chi connectivity index (χ4v) is 1.60. The lowest BCUT2D eigenvalue weighted by Gasteiger charge is -2.24. The Balaban J connectivity index is 3.06. The maximum absolute atomic E-state index is 12.2. The molecule has 0 aliphatic carbocycles. The zero-order chi connectivity index (χ0) is 13.0. The van der Waals surface area contributed by atoms with E-state index < -0.39 is 0 Å². The molecule has 0 fully saturated rings. The van der Waals surface area contributed by atoms with Gasteiger partial charge in [-0.3, -0.25) is 4.79 Å². The van der Waals surface area contributed by atoms with Crippen LogP contribution >= 0.6 is 11.6 Å². The summed E-state index contributed by atoms with van der Waals surface area (Å²) in [6.07, 6.45) is 0. The summed E-state index contributed by atoms with van der Waals surface area (Å²) in [5.41, 5.74) is 1.22. The van der Waals surface area contributed by atoms with Crippen LogP contribution in [-0.2, 0) is 0 Å². The maximum Gasteiger partial charge on any atom is 0.256 e. The van der Waals surface area contributed by atoms with Crippen molar-refractivity contribution >= 4 is 23.2 Å². The second-order valence-electron chi connectivity index (χ2n) is 3.89. The Hall–Kier alpha value is -1.26. The number of likely N-dealkylation sites (N-methyl/N-ethyl adjacent to an activating group) is 1. The summed E-state index contributed by atoms with van der Waals surface area (Å²) in [5, 5.41) is 12.5. The standard InChI is InChI=1S/C12H17ClN2O2/c1-8(7-16)15(3)12(17)10-6-9(13)4-5-11(10)14-2/h4-6,8,14,16H,7H2,1-3H3. The van der Waals surface area contributed by atoms with Gasteiger partial charge in [0, 0.05) is 24.8 Å². The highest BCUT2D eigenvalue weighted by Gasteiger charge is 2.19. The summed E-state index contributed by atoms with van der Waals surface area (Å²) in [4.78, 5) is 13.7. The van der Waals surface area contributed by atoms with Gasteiger partial charge in [0.05, 0.1) is 18.2 Å². The van der Waals surface area contributed by atoms with Gasteiger partial charge in [0.2, 0.25) is 0 Å². The zero-order valence-corrected chi connectivity index (χ0v) is 11.0. The molecule has 17 heavy (non-hydrogen) atoms. The first-order valence-corrected chi connectivity index (χ1v) is 5.74. The van der Waals surface area contributed by atoms with Gasteiger partial charge < -0.3 is 15.3 Å². The number of halogens is 1. The molecule has 4 nitrogen and oxygen atoms in total. The van der Waals surface area contributed by atoms with Crippen molar-refractivity contribution in [1.29, 1.82) is 0 Å². The van der Waals surface area contributed by atoms with E-state index >= 15 is 0 Å². The van der Waals surface area contributed by atoms with Crippen LogP contribution in [0.5, 0.6) is 0 Å². The monoisotopic (exact) mass is 256 g/mol. The Bertz CT molecular complexity index is 409. The van der Waals surface area contributed by atoms with Gasteiger partial charge in [-0.1, -0.05) is 11.6 Å². The van der Waals surface area contributed by atoms with E-state index in [-0.39, 0.29) is 18.6 Å². The number of hydrogen-bond acceptors (Lipinski definition) is 3. The molecule has 1 aromatic carbocycles. The van der Waals surface area contributed by atoms with Crippen molar-refractivity contribution in [3.05, 3.63) is 28.8 Å². The first-order chi connectivity index (χ1) is 8.01. The molecule has 2 N–H and O–H groups in total. The molecule has 0 spiro atoms. The van der Waals surface area contributed by atoms with Gasteiger partial charge in [-0.2, -0.15) is 0 Å². The Morgan fingerprint density at radius 1 is 1.59 bits per heavy atom. The first kappa shape index (κ1) is 13.8. The highest BCUT2D eigenvalue weighted by molar-refractivity contribution is 6.31. The number of nitrogens with one attached hydrogen (secondary N) is 1. The van der Waals surface area contributed by atoms with Crippen molar-refractivity contribution in [2.45, 2.75) is 13.0 Å². The highest BCUT2D eigenvalue weighted by Crippen LogP contribution is 2.22. The number of carbonyl (C=O) groups is 1. The number of rotatable bonds is 4. The van der Waals surface area contributed by atoms with E-state index in [1.54, 1.807) is 39.2 Å². The van der Waals surface area contributed by atoms with Gasteiger partial charge in [-0.05, 0) is 25.1 Å². The number of carbonyl (C=O) groups excluding carboxylic acids is 1. The predicted octanol–water partition coefficient (Wildman–Crippen LogP) is 1.83. The van der Waals surface area contributed by atoms with Crippen molar-refractivity contribution in [2.24, 2.45) is 0 Å². The number of hydrogen-bond donors (Lipinski definition) is 2. The van der Waals surface area contributed by atoms with Crippen LogP contribution in [0.15, 0.2) is 18.2 Å². The minimum atomic E-state index is -0.230. The van der Waals surface area contributed by atoms with Gasteiger partial charge in [0.25, 0.3) is 5.91 Å². The molecule has 1 amide bonds. The van der Waals surface area contributed by atoms with Crippen LogP contribution in [0.25, 0.3) is 0 Å². The third kappa shape index (κ3) is 3.11. The van der Waals surface area contributed by atoms with E-state index in [1.807, 2.05) is 0 Å². The molecule has 1 rings (SSSR count). The number of aliphatic hydroxyl groups is 1. The van der Waals surface area contributed by atoms with Crippen LogP contribution in [-0.4, -0.2) is 42.7 Å². The van der Waals surface area contributed by atoms with Crippen molar-refractivity contribution in [3.63, 3.8) is 0 Å². The number of benzene rings is 1. The average molecular weight is 257 g/mol. The number of amides is 1. The van der Waals surface area contributed by atoms with E-state index in [4.69, 9.17) is 16.7 Å². The zero-order valence-electron chi connectivity index (χ0n) is 10.2. The number of nitrogens with zero attached hydrogens (tertiary/aromatic N) is 1. The fraction of sp³-hybridized carbons (Fsp3) is 0.417. The van der Waals surface area contributed by atoms with Gasteiger partial charge in [0.1, 0.15) is 0 Å². The van der Waals surface area contributed by atoms with E-state index in [0.29, 0.717) is 10.6 Å². The van der Waals surface area contributed by atoms with Gasteiger partial charge in [0.15, 0.2) is 0 Å². The Kier molecular flexibility index (Phi) is 4.78. The third-order valence-corrected chi connectivity index (χ3v) is 2.96. The van der Waals surface area contributed by atoms with E-state index in [1.165, 1.54) is 4.90 Å². The molecule has 94 valence electrons. The van der Waals surface area contributed by atoms with Crippen LogP contribution < -0.4 is 5.32 Å². The summed E-state index contributed by atoms with van der Waals surface area (Å²) in [5.74, 6) is -0.168. The average Bonchev–Trinajstić information content (AvgIpc) is 2.35. The molecule has 0 saturated heterocycles. The van der Waals surface area contributed by atoms with Gasteiger partial charge in [-0.15, -0.1) is 0 Å². The van der Waals surface area contributed by atoms with E-state index in [0.717, 1.165) is 5.69 Å². The molecule has 1 unspecified atom stereocenters. The van der Waals surface area contributed by atoms with Crippen molar-refractivity contribution in [2.75, 3.05) is 26.0 Å². The highest BCUT2D eigenvalue weighted by atomic mass is 35.5. The quantitative estimate of drug-likeness (QED) is 0.864. The molecule has 0 saturated carbocycles. The van der Waals surface area contributed by atoms with Crippen LogP contribution in [0.3, 0.4) is 0 Å². The summed E-state index contributed by atoms with van der Waals surface area (Å²) in [6, 6.07) is 4.87. The number of anilines is 1. The smallest absolute Gasteiger partial charge is 0.256 e. The first-order valence-electron chi connectivity index (χ1n) is 5.36. The summed E-state index contributed by atoms with van der Waals surface area (Å²) < 4.78 is 0. The van der Waals surface area contributed by atoms with Crippen LogP contribution in [0, 0.1) is 0 Å². The number of aliphatic hydroxyl groups excluding tert-OH is 1. The van der Waals surface area contributed by atoms with Crippen LogP contribution in [0.1, 0.15) is 17.3 Å². The second kappa shape index (κ2) is 5.89. The van der Waals surface area contributed by atoms with Crippen molar-refractivity contribution in [1.82, 2.24) is 4.90 Å². The molecule has 1 aromatic rings. The van der Waals surface area contributed by atoms with Gasteiger partial charge in [-0.25, -0.2) is 0 Å². The topological polar surface area (TPSA) is 52.6 Å². The Morgan fingerprint density at radius 2 is 2.24 bits per heavy atom. The molecule has 5 heteroatoms. The maximum atomic E-state index is 12.2. The summed E-state index contributed by atoms with van der Waals surface area (Å²) >= 11 is 5.89. The van der Waals surface area contributed by atoms with Crippen LogP contribution in [0.4, 0.5) is 5.69 Å². The minimum Gasteiger partial charge on any atom is -0.394 e. The molecule has 0 radical (unpaired) electrons. The fourth-order valence-electron chi connectivity index (χ4n) is 1.42. The Morgan fingerprint density at radius 3 is 2.76 bits per heavy atom. The largest absolute Gasteiger partial charge is 0.394 e. The lowest BCUT2D eigenvalue weighted by Crippen LogP contribution is -2.37. The molecule has 0 aliphatic rings. The molecular formula is C12H17ClN2O2. The lowest BCUT2D eigenvalue weighted by molar-refractivity contribution is 0.0683. The second-order valence-corrected chi connectivity index (χ2v) is 4.32. The third-order valence-electron chi connectivity index (χ3n) is 2.73. The van der Waals surface area contributed by atoms with Crippen molar-refractivity contribution < 1.29 is 9.90 Å². The van der Waals surface area contributed by atoms with E-state index in [9.17, 15) is 4.79 Å². The predicted molar refractivity (Wildman–Crippen MR) is 69.6 cm³/mol. The summed E-state index contributed by atoms with van der Waals surface area (Å²) in [7, 11) is 3.40. The van der Waals surface area contributed by atoms with Crippen LogP contribution in [0.2, 0.25) is 5.02 Å². The molecule has 0 bridgehead atoms. The normalized spacial score (nSPS) is 12.1. The minimum absolute atomic E-state index is 0.0717. The Labute approximate surface area is 106 Å². The van der Waals surface area contributed by atoms with E-state index in [2.05, 4.69) is 5.32 Å². The molecule has 0 aliphatic heterocycles. The molecule has 0 aromatic heterocycles. The summed E-state index contributed by atoms with van der Waals surface area (Å²) in [6.45, 7) is 1.71. The SMILES string of the molecule is CNc1ccc(Cl)cc1C(=O)N(C)C(C)CO. The lowest BCUT2D eigenvalue weighted by atomic mass is 10.1. The van der Waals surface area contributed by atoms with Gasteiger partial charge >= 0.3 is 0 Å². The van der Waals surface area contributed by atoms with Crippen molar-refractivity contribution in [3.8, 4) is 0 Å². The molecular weight excluding hydrogens is 240 g/mol. The molecule has 0 heterocycles.